The van der Waals surface area contributed by atoms with Crippen LogP contribution in [0.1, 0.15) is 79.1 Å². The number of nitrogens with zero attached hydrogens (tertiary/aromatic N) is 3. The van der Waals surface area contributed by atoms with Gasteiger partial charge >= 0.3 is 6.03 Å². The Morgan fingerprint density at radius 1 is 1.11 bits per heavy atom. The Morgan fingerprint density at radius 3 is 2.44 bits per heavy atom. The first-order valence-electron chi connectivity index (χ1n) is 19.0. The minimum atomic E-state index is -3.96. The number of terminal acetylenes is 1. The van der Waals surface area contributed by atoms with E-state index in [9.17, 15) is 32.4 Å². The fourth-order valence-corrected chi connectivity index (χ4v) is 9.83. The number of likely N-dealkylation sites (tertiary alicyclic amines) is 1. The molecule has 302 valence electrons. The summed E-state index contributed by atoms with van der Waals surface area (Å²) in [4.78, 5) is 74.5. The molecule has 2 saturated carbocycles. The topological polar surface area (TPSA) is 187 Å². The summed E-state index contributed by atoms with van der Waals surface area (Å²) in [5.74, 6) is -0.318. The van der Waals surface area contributed by atoms with Crippen LogP contribution in [0, 0.1) is 35.0 Å². The van der Waals surface area contributed by atoms with E-state index in [-0.39, 0.29) is 41.6 Å². The smallest absolute Gasteiger partial charge is 0.315 e. The van der Waals surface area contributed by atoms with Gasteiger partial charge in [-0.25, -0.2) is 18.2 Å². The molecule has 4 N–H and O–H groups in total. The Morgan fingerprint density at radius 2 is 1.82 bits per heavy atom. The molecule has 16 heteroatoms. The van der Waals surface area contributed by atoms with Crippen LogP contribution in [0.2, 0.25) is 0 Å². The molecule has 55 heavy (non-hydrogen) atoms. The Labute approximate surface area is 330 Å². The molecular formula is C39H57N7O7S2. The van der Waals surface area contributed by atoms with Gasteiger partial charge in [0.2, 0.25) is 11.8 Å². The van der Waals surface area contributed by atoms with E-state index in [4.69, 9.17) is 6.42 Å². The minimum absolute atomic E-state index is 0.0543. The number of likely N-dealkylation sites (N-methyl/N-ethyl adjacent to an activating group) is 1. The molecule has 3 fully saturated rings. The third-order valence-electron chi connectivity index (χ3n) is 11.2. The van der Waals surface area contributed by atoms with E-state index < -0.39 is 68.0 Å². The fourth-order valence-electron chi connectivity index (χ4n) is 8.00. The number of aromatic nitrogens is 1. The number of rotatable bonds is 16. The van der Waals surface area contributed by atoms with E-state index in [1.807, 2.05) is 27.7 Å². The number of hydrogen-bond acceptors (Lipinski definition) is 9. The molecule has 1 aromatic heterocycles. The first-order valence-corrected chi connectivity index (χ1v) is 21.5. The zero-order valence-corrected chi connectivity index (χ0v) is 34.3. The van der Waals surface area contributed by atoms with Gasteiger partial charge in [-0.15, -0.1) is 24.8 Å². The summed E-state index contributed by atoms with van der Waals surface area (Å²) in [5, 5.41) is 9.79. The number of ketones is 1. The van der Waals surface area contributed by atoms with Crippen molar-refractivity contribution in [3.63, 3.8) is 0 Å². The summed E-state index contributed by atoms with van der Waals surface area (Å²) in [6.45, 7) is 11.5. The number of thioether (sulfide) groups is 1. The van der Waals surface area contributed by atoms with E-state index in [0.29, 0.717) is 25.8 Å². The predicted octanol–water partition coefficient (Wildman–Crippen LogP) is 3.06. The van der Waals surface area contributed by atoms with Crippen molar-refractivity contribution in [1.82, 2.24) is 35.5 Å². The van der Waals surface area contributed by atoms with E-state index in [0.717, 1.165) is 48.2 Å². The van der Waals surface area contributed by atoms with Crippen LogP contribution in [0.3, 0.4) is 0 Å². The average Bonchev–Trinajstić information content (AvgIpc) is 3.76. The highest BCUT2D eigenvalue weighted by Crippen LogP contribution is 2.45. The molecule has 1 aromatic rings. The van der Waals surface area contributed by atoms with Gasteiger partial charge in [-0.2, -0.15) is 4.31 Å². The number of fused-ring (bicyclic) bond motifs is 1. The van der Waals surface area contributed by atoms with Crippen molar-refractivity contribution in [1.29, 1.82) is 0 Å². The molecule has 1 unspecified atom stereocenters. The molecule has 1 aliphatic heterocycles. The molecule has 0 bridgehead atoms. The van der Waals surface area contributed by atoms with E-state index in [1.165, 1.54) is 25.4 Å². The third-order valence-corrected chi connectivity index (χ3v) is 14.0. The molecular weight excluding hydrogens is 743 g/mol. The Bertz CT molecular complexity index is 1720. The van der Waals surface area contributed by atoms with Crippen LogP contribution in [0.5, 0.6) is 0 Å². The van der Waals surface area contributed by atoms with Gasteiger partial charge in [0.25, 0.3) is 21.7 Å². The van der Waals surface area contributed by atoms with Crippen LogP contribution in [-0.4, -0.2) is 108 Å². The van der Waals surface area contributed by atoms with Crippen LogP contribution < -0.4 is 21.3 Å². The van der Waals surface area contributed by atoms with Gasteiger partial charge in [-0.05, 0) is 60.5 Å². The maximum atomic E-state index is 14.9. The lowest BCUT2D eigenvalue weighted by Gasteiger charge is -2.43. The van der Waals surface area contributed by atoms with E-state index >= 15 is 0 Å². The van der Waals surface area contributed by atoms with Gasteiger partial charge in [0, 0.05) is 38.9 Å². The second-order valence-corrected chi connectivity index (χ2v) is 19.3. The molecule has 1 saturated heterocycles. The molecule has 5 amide bonds. The third kappa shape index (κ3) is 10.7. The molecule has 14 nitrogen and oxygen atoms in total. The Kier molecular flexibility index (Phi) is 15.0. The van der Waals surface area contributed by atoms with E-state index in [2.05, 4.69) is 38.8 Å². The number of carbonyl (C=O) groups is 5. The lowest BCUT2D eigenvalue weighted by molar-refractivity contribution is -0.144. The van der Waals surface area contributed by atoms with Crippen molar-refractivity contribution in [2.45, 2.75) is 108 Å². The molecule has 2 aliphatic carbocycles. The molecule has 3 aliphatic rings. The first-order chi connectivity index (χ1) is 25.9. The molecule has 0 radical (unpaired) electrons. The highest BCUT2D eigenvalue weighted by molar-refractivity contribution is 8.00. The number of carbonyl (C=O) groups excluding carboxylic acids is 5. The summed E-state index contributed by atoms with van der Waals surface area (Å²) < 4.78 is 27.8. The van der Waals surface area contributed by atoms with Crippen LogP contribution in [-0.2, 0) is 29.2 Å². The number of Topliss-reactive ketones (excluding diaryl/α,β-unsaturated/α-hetero) is 1. The highest BCUT2D eigenvalue weighted by atomic mass is 32.2. The second kappa shape index (κ2) is 18.8. The van der Waals surface area contributed by atoms with Crippen LogP contribution in [0.4, 0.5) is 4.79 Å². The lowest BCUT2D eigenvalue weighted by atomic mass is 9.70. The van der Waals surface area contributed by atoms with Gasteiger partial charge in [0.1, 0.15) is 17.5 Å². The van der Waals surface area contributed by atoms with Gasteiger partial charge in [-0.3, -0.25) is 19.2 Å². The molecule has 6 atom stereocenters. The Balaban J connectivity index is 1.60. The molecule has 0 aromatic carbocycles. The number of amides is 5. The highest BCUT2D eigenvalue weighted by Gasteiger charge is 2.53. The van der Waals surface area contributed by atoms with Crippen molar-refractivity contribution in [2.24, 2.45) is 22.7 Å². The van der Waals surface area contributed by atoms with Gasteiger partial charge < -0.3 is 26.2 Å². The average molecular weight is 800 g/mol. The standard InChI is InChI=1S/C39H57N7O7S2/c1-8-21-41-34(49)31(47)35(54-23-9-2)44-33(48)30-27-17-15-16-26(27)24-46(30)36(50)32(39(6)19-12-10-13-20-39)43-37(51)42-28(38(3,4)5)25-45(7)55(52,53)29-18-11-14-22-40-29/h2,8,11,14,18,22,26-28,30,32,35H,1,10,12-13,15-17,19-21,23-25H2,3-7H3,(H,41,49)(H,44,48)(H2,42,43,51)/t26-,27-,28+,30-,32+,35?/m0/s1. The number of nitrogens with one attached hydrogen (secondary N) is 4. The number of sulfonamides is 1. The zero-order chi connectivity index (χ0) is 40.6. The maximum absolute atomic E-state index is 14.9. The molecule has 4 rings (SSSR count). The summed E-state index contributed by atoms with van der Waals surface area (Å²) >= 11 is 0.944. The summed E-state index contributed by atoms with van der Waals surface area (Å²) in [6, 6.07) is 1.40. The molecule has 0 spiro atoms. The first kappa shape index (κ1) is 43.8. The summed E-state index contributed by atoms with van der Waals surface area (Å²) in [7, 11) is -2.53. The summed E-state index contributed by atoms with van der Waals surface area (Å²) in [5.41, 5.74) is -1.23. The van der Waals surface area contributed by atoms with Crippen LogP contribution >= 0.6 is 11.8 Å². The zero-order valence-electron chi connectivity index (χ0n) is 32.6. The number of pyridine rings is 1. The molecule has 2 heterocycles. The monoisotopic (exact) mass is 799 g/mol. The van der Waals surface area contributed by atoms with Gasteiger partial charge in [0.15, 0.2) is 5.03 Å². The van der Waals surface area contributed by atoms with Crippen molar-refractivity contribution < 1.29 is 32.4 Å². The Hall–Kier alpha value is -3.94. The number of hydrogen-bond donors (Lipinski definition) is 4. The quantitative estimate of drug-likeness (QED) is 0.0844. The maximum Gasteiger partial charge on any atom is 0.315 e. The minimum Gasteiger partial charge on any atom is -0.346 e. The van der Waals surface area contributed by atoms with Gasteiger partial charge in [-0.1, -0.05) is 71.4 Å². The number of urea groups is 1. The van der Waals surface area contributed by atoms with Crippen LogP contribution in [0.15, 0.2) is 42.1 Å². The van der Waals surface area contributed by atoms with E-state index in [1.54, 1.807) is 17.0 Å². The largest absolute Gasteiger partial charge is 0.346 e. The lowest BCUT2D eigenvalue weighted by Crippen LogP contribution is -2.63. The van der Waals surface area contributed by atoms with Crippen molar-refractivity contribution in [3.8, 4) is 12.3 Å². The van der Waals surface area contributed by atoms with Crippen molar-refractivity contribution in [3.05, 3.63) is 37.1 Å². The normalized spacial score (nSPS) is 22.3. The summed E-state index contributed by atoms with van der Waals surface area (Å²) in [6.07, 6.45) is 14.8. The fraction of sp³-hybridized carbons (Fsp3) is 0.641. The van der Waals surface area contributed by atoms with Gasteiger partial charge in [0.05, 0.1) is 5.75 Å². The van der Waals surface area contributed by atoms with Crippen LogP contribution in [0.25, 0.3) is 0 Å². The second-order valence-electron chi connectivity index (χ2n) is 16.2. The van der Waals surface area contributed by atoms with Crippen molar-refractivity contribution >= 4 is 51.3 Å². The predicted molar refractivity (Wildman–Crippen MR) is 212 cm³/mol. The van der Waals surface area contributed by atoms with Crippen molar-refractivity contribution in [2.75, 3.05) is 32.4 Å². The SMILES string of the molecule is C#CCSC(NC(=O)[C@@H]1[C@H]2CCC[C@H]2CN1C(=O)[C@@H](NC(=O)N[C@H](CN(C)S(=O)(=O)c1ccccn1)C(C)(C)C)C1(C)CCCCC1)C(=O)C(=O)NCC=C.